The minimum atomic E-state index is -0.273. The summed E-state index contributed by atoms with van der Waals surface area (Å²) < 4.78 is 4.78. The molecule has 0 aromatic rings. The molecule has 94 valence electrons. The van der Waals surface area contributed by atoms with Gasteiger partial charge in [-0.15, -0.1) is 0 Å². The fourth-order valence-electron chi connectivity index (χ4n) is 0.996. The van der Waals surface area contributed by atoms with E-state index in [2.05, 4.69) is 24.4 Å². The molecule has 1 fully saturated rings. The molecule has 6 heteroatoms. The first kappa shape index (κ1) is 14.7. The minimum absolute atomic E-state index is 0.0949. The number of amides is 1. The lowest BCUT2D eigenvalue weighted by Crippen LogP contribution is -2.24. The van der Waals surface area contributed by atoms with Gasteiger partial charge in [0.15, 0.2) is 0 Å². The molecule has 1 aliphatic rings. The highest BCUT2D eigenvalue weighted by molar-refractivity contribution is 5.69. The molecule has 0 bridgehead atoms. The van der Waals surface area contributed by atoms with Gasteiger partial charge in [-0.05, 0) is 5.92 Å². The van der Waals surface area contributed by atoms with Crippen LogP contribution >= 0.6 is 0 Å². The van der Waals surface area contributed by atoms with Gasteiger partial charge in [-0.1, -0.05) is 13.8 Å². The third-order valence-corrected chi connectivity index (χ3v) is 1.82. The van der Waals surface area contributed by atoms with Crippen molar-refractivity contribution < 1.29 is 9.53 Å². The van der Waals surface area contributed by atoms with Gasteiger partial charge in [-0.2, -0.15) is 5.10 Å². The molecule has 1 amide bonds. The molecular weight excluding hydrogens is 208 g/mol. The van der Waals surface area contributed by atoms with Gasteiger partial charge in [0, 0.05) is 26.9 Å². The highest BCUT2D eigenvalue weighted by Gasteiger charge is 2.26. The predicted octanol–water partition coefficient (Wildman–Crippen LogP) is 0.243. The van der Waals surface area contributed by atoms with Crippen molar-refractivity contribution in [2.24, 2.45) is 16.8 Å². The van der Waals surface area contributed by atoms with Crippen molar-refractivity contribution in [2.75, 3.05) is 27.2 Å². The van der Waals surface area contributed by atoms with Crippen molar-refractivity contribution >= 4 is 12.3 Å². The smallest absolute Gasteiger partial charge is 0.410 e. The maximum atomic E-state index is 10.6. The van der Waals surface area contributed by atoms with E-state index >= 15 is 0 Å². The zero-order chi connectivity index (χ0) is 12.6. The summed E-state index contributed by atoms with van der Waals surface area (Å²) in [6.07, 6.45) is 1.49. The molecule has 1 unspecified atom stereocenters. The maximum Gasteiger partial charge on any atom is 0.410 e. The van der Waals surface area contributed by atoms with E-state index in [1.807, 2.05) is 6.21 Å². The monoisotopic (exact) mass is 230 g/mol. The molecular formula is C10H22N4O2. The molecule has 0 spiro atoms. The number of hydrogen-bond donors (Lipinski definition) is 2. The van der Waals surface area contributed by atoms with Crippen molar-refractivity contribution in [1.82, 2.24) is 10.3 Å². The summed E-state index contributed by atoms with van der Waals surface area (Å²) in [6, 6.07) is 0. The Labute approximate surface area is 96.8 Å². The third-order valence-electron chi connectivity index (χ3n) is 1.82. The first-order valence-corrected chi connectivity index (χ1v) is 5.33. The first-order valence-electron chi connectivity index (χ1n) is 5.33. The van der Waals surface area contributed by atoms with Crippen LogP contribution in [0.4, 0.5) is 4.79 Å². The molecule has 16 heavy (non-hydrogen) atoms. The fourth-order valence-corrected chi connectivity index (χ4v) is 0.996. The number of ether oxygens (including phenoxy) is 1. The summed E-state index contributed by atoms with van der Waals surface area (Å²) in [7, 11) is 3.48. The molecule has 1 rings (SSSR count). The molecule has 3 N–H and O–H groups in total. The van der Waals surface area contributed by atoms with Crippen LogP contribution in [-0.2, 0) is 4.74 Å². The normalized spacial score (nSPS) is 19.8. The summed E-state index contributed by atoms with van der Waals surface area (Å²) in [5.74, 6) is 0.549. The van der Waals surface area contributed by atoms with Crippen molar-refractivity contribution in [3.05, 3.63) is 0 Å². The highest BCUT2D eigenvalue weighted by Crippen LogP contribution is 2.06. The zero-order valence-corrected chi connectivity index (χ0v) is 10.4. The van der Waals surface area contributed by atoms with Gasteiger partial charge in [0.05, 0.1) is 6.54 Å². The molecule has 1 heterocycles. The average Bonchev–Trinajstić information content (AvgIpc) is 2.56. The minimum Gasteiger partial charge on any atom is -0.443 e. The first-order chi connectivity index (χ1) is 7.51. The number of rotatable bonds is 3. The number of carbonyl (C=O) groups is 1. The van der Waals surface area contributed by atoms with Crippen molar-refractivity contribution in [3.63, 3.8) is 0 Å². The summed E-state index contributed by atoms with van der Waals surface area (Å²) in [6.45, 7) is 5.20. The SMILES string of the molecule is CN/N=C\C(C)C.CN1CC(CN)OC1=O. The molecule has 0 aromatic heterocycles. The summed E-state index contributed by atoms with van der Waals surface area (Å²) in [5.41, 5.74) is 7.92. The van der Waals surface area contributed by atoms with E-state index in [4.69, 9.17) is 10.5 Å². The molecule has 1 aliphatic heterocycles. The van der Waals surface area contributed by atoms with Crippen molar-refractivity contribution in [1.29, 1.82) is 0 Å². The summed E-state index contributed by atoms with van der Waals surface area (Å²) >= 11 is 0. The van der Waals surface area contributed by atoms with Gasteiger partial charge in [0.25, 0.3) is 0 Å². The van der Waals surface area contributed by atoms with Crippen LogP contribution in [0.25, 0.3) is 0 Å². The van der Waals surface area contributed by atoms with Gasteiger partial charge in [0.1, 0.15) is 6.10 Å². The van der Waals surface area contributed by atoms with E-state index < -0.39 is 0 Å². The average molecular weight is 230 g/mol. The number of nitrogens with one attached hydrogen (secondary N) is 1. The van der Waals surface area contributed by atoms with Gasteiger partial charge >= 0.3 is 6.09 Å². The van der Waals surface area contributed by atoms with E-state index in [1.54, 1.807) is 14.1 Å². The van der Waals surface area contributed by atoms with Crippen LogP contribution in [-0.4, -0.2) is 50.5 Å². The van der Waals surface area contributed by atoms with Gasteiger partial charge < -0.3 is 20.8 Å². The zero-order valence-electron chi connectivity index (χ0n) is 10.4. The summed E-state index contributed by atoms with van der Waals surface area (Å²) in [5, 5.41) is 3.80. The van der Waals surface area contributed by atoms with Crippen LogP contribution in [0.15, 0.2) is 5.10 Å². The van der Waals surface area contributed by atoms with E-state index in [1.165, 1.54) is 4.90 Å². The number of cyclic esters (lactones) is 1. The topological polar surface area (TPSA) is 80.0 Å². The Morgan fingerprint density at radius 1 is 1.75 bits per heavy atom. The highest BCUT2D eigenvalue weighted by atomic mass is 16.6. The standard InChI is InChI=1S/C5H10N2O2.C5H12N2/c1-7-3-4(2-6)9-5(7)8;1-5(2)4-7-6-3/h4H,2-3,6H2,1H3;4-6H,1-3H3/b;7-4-. The van der Waals surface area contributed by atoms with Crippen LogP contribution < -0.4 is 11.2 Å². The Hall–Kier alpha value is -1.30. The summed E-state index contributed by atoms with van der Waals surface area (Å²) in [4.78, 5) is 12.1. The molecule has 0 saturated carbocycles. The lowest BCUT2D eigenvalue weighted by atomic mass is 10.3. The van der Waals surface area contributed by atoms with E-state index in [0.29, 0.717) is 19.0 Å². The Bertz CT molecular complexity index is 231. The Kier molecular flexibility index (Phi) is 7.28. The van der Waals surface area contributed by atoms with Crippen LogP contribution in [0.2, 0.25) is 0 Å². The van der Waals surface area contributed by atoms with E-state index in [9.17, 15) is 4.79 Å². The van der Waals surface area contributed by atoms with E-state index in [-0.39, 0.29) is 12.2 Å². The molecule has 1 atom stereocenters. The molecule has 0 aliphatic carbocycles. The second kappa shape index (κ2) is 7.92. The van der Waals surface area contributed by atoms with Crippen LogP contribution in [0.5, 0.6) is 0 Å². The number of carbonyl (C=O) groups excluding carboxylic acids is 1. The van der Waals surface area contributed by atoms with Crippen molar-refractivity contribution in [2.45, 2.75) is 20.0 Å². The number of nitrogens with two attached hydrogens (primary N) is 1. The predicted molar refractivity (Wildman–Crippen MR) is 64.3 cm³/mol. The van der Waals surface area contributed by atoms with Gasteiger partial charge in [-0.3, -0.25) is 0 Å². The van der Waals surface area contributed by atoms with Gasteiger partial charge in [0.2, 0.25) is 0 Å². The number of likely N-dealkylation sites (N-methyl/N-ethyl adjacent to an activating group) is 1. The number of hydrazone groups is 1. The van der Waals surface area contributed by atoms with Gasteiger partial charge in [-0.25, -0.2) is 4.79 Å². The number of nitrogens with zero attached hydrogens (tertiary/aromatic N) is 2. The van der Waals surface area contributed by atoms with Crippen molar-refractivity contribution in [3.8, 4) is 0 Å². The Morgan fingerprint density at radius 2 is 2.38 bits per heavy atom. The Balaban J connectivity index is 0.000000293. The van der Waals surface area contributed by atoms with Crippen LogP contribution in [0, 0.1) is 5.92 Å². The molecule has 1 saturated heterocycles. The van der Waals surface area contributed by atoms with Crippen LogP contribution in [0.3, 0.4) is 0 Å². The molecule has 6 nitrogen and oxygen atoms in total. The second-order valence-electron chi connectivity index (χ2n) is 3.87. The number of hydrogen-bond acceptors (Lipinski definition) is 5. The third kappa shape index (κ3) is 6.23. The lowest BCUT2D eigenvalue weighted by Gasteiger charge is -2.01. The van der Waals surface area contributed by atoms with Crippen LogP contribution in [0.1, 0.15) is 13.8 Å². The Morgan fingerprint density at radius 3 is 2.56 bits per heavy atom. The maximum absolute atomic E-state index is 10.6. The molecule has 0 radical (unpaired) electrons. The molecule has 0 aromatic carbocycles. The second-order valence-corrected chi connectivity index (χ2v) is 3.87. The quantitative estimate of drug-likeness (QED) is 0.538. The lowest BCUT2D eigenvalue weighted by molar-refractivity contribution is 0.137. The fraction of sp³-hybridized carbons (Fsp3) is 0.800. The largest absolute Gasteiger partial charge is 0.443 e. The van der Waals surface area contributed by atoms with E-state index in [0.717, 1.165) is 0 Å².